The number of H-pyrrole nitrogens is 1. The summed E-state index contributed by atoms with van der Waals surface area (Å²) in [6.45, 7) is 0.188. The molecule has 0 saturated heterocycles. The number of rotatable bonds is 2. The molecule has 1 amide bonds. The summed E-state index contributed by atoms with van der Waals surface area (Å²) in [5, 5.41) is 0.238. The molecule has 2 aromatic rings. The first kappa shape index (κ1) is 26.7. The summed E-state index contributed by atoms with van der Waals surface area (Å²) in [4.78, 5) is 29.0. The molecule has 10 heteroatoms. The van der Waals surface area contributed by atoms with E-state index >= 15 is 0 Å². The minimum atomic E-state index is -4.00. The number of carbonyl (C=O) groups excluding carboxylic acids is 1. The third kappa shape index (κ3) is 9.09. The second-order valence-electron chi connectivity index (χ2n) is 8.66. The topological polar surface area (TPSA) is 88.8 Å². The first-order chi connectivity index (χ1) is 15.4. The maximum atomic E-state index is 12.9. The van der Waals surface area contributed by atoms with Crippen molar-refractivity contribution < 1.29 is 26.7 Å². The summed E-state index contributed by atoms with van der Waals surface area (Å²) < 4.78 is 57.0. The minimum absolute atomic E-state index is 0.00403. The van der Waals surface area contributed by atoms with E-state index in [9.17, 15) is 31.5 Å². The van der Waals surface area contributed by atoms with E-state index in [4.69, 9.17) is 5.73 Å². The van der Waals surface area contributed by atoms with Gasteiger partial charge >= 0.3 is 6.18 Å². The fourth-order valence-corrected chi connectivity index (χ4v) is 4.45. The van der Waals surface area contributed by atoms with Crippen LogP contribution in [-0.4, -0.2) is 28.0 Å². The zero-order chi connectivity index (χ0) is 24.6. The maximum absolute atomic E-state index is 12.9. The Balaban J connectivity index is 0.000000195. The number of amides is 1. The van der Waals surface area contributed by atoms with Gasteiger partial charge < -0.3 is 10.7 Å². The fourth-order valence-electron chi connectivity index (χ4n) is 4.45. The smallest absolute Gasteiger partial charge is 0.364 e. The number of pyridine rings is 2. The number of hydrogen-bond acceptors (Lipinski definition) is 3. The van der Waals surface area contributed by atoms with E-state index in [2.05, 4.69) is 9.97 Å². The maximum Gasteiger partial charge on any atom is 0.386 e. The average Bonchev–Trinajstić information content (AvgIpc) is 2.73. The highest BCUT2D eigenvalue weighted by Gasteiger charge is 2.37. The second-order valence-corrected chi connectivity index (χ2v) is 8.66. The number of alkyl halides is 5. The van der Waals surface area contributed by atoms with Crippen molar-refractivity contribution in [1.29, 1.82) is 0 Å². The molecular formula is C23H30F5N3O2. The van der Waals surface area contributed by atoms with Gasteiger partial charge in [-0.25, -0.2) is 8.78 Å². The van der Waals surface area contributed by atoms with E-state index < -0.39 is 18.0 Å². The van der Waals surface area contributed by atoms with Crippen LogP contribution in [0.2, 0.25) is 0 Å². The molecule has 4 rings (SSSR count). The largest absolute Gasteiger partial charge is 0.386 e. The van der Waals surface area contributed by atoms with Crippen LogP contribution in [0.5, 0.6) is 0 Å². The molecule has 2 fully saturated rings. The Bertz CT molecular complexity index is 947. The molecule has 5 nitrogen and oxygen atoms in total. The van der Waals surface area contributed by atoms with Gasteiger partial charge in [-0.15, -0.1) is 0 Å². The van der Waals surface area contributed by atoms with Crippen molar-refractivity contribution in [2.45, 2.75) is 76.8 Å². The number of nitrogens with one attached hydrogen (secondary N) is 1. The van der Waals surface area contributed by atoms with Gasteiger partial charge in [0.1, 0.15) is 5.69 Å². The summed E-state index contributed by atoms with van der Waals surface area (Å²) >= 11 is 0. The molecule has 2 aliphatic carbocycles. The molecule has 0 aromatic carbocycles. The SMILES string of the molecule is CC(F)(F)F.FC1(F)CCC(C2CCCCC2)CC1.NC(=O)c1nccc2[nH]ccc(=O)c12. The van der Waals surface area contributed by atoms with Crippen molar-refractivity contribution in [2.24, 2.45) is 17.6 Å². The van der Waals surface area contributed by atoms with Crippen molar-refractivity contribution in [3.8, 4) is 0 Å². The van der Waals surface area contributed by atoms with E-state index in [1.165, 1.54) is 50.6 Å². The third-order valence-electron chi connectivity index (χ3n) is 5.98. The minimum Gasteiger partial charge on any atom is -0.364 e. The Morgan fingerprint density at radius 2 is 1.61 bits per heavy atom. The Morgan fingerprint density at radius 1 is 1.06 bits per heavy atom. The van der Waals surface area contributed by atoms with Crippen LogP contribution in [0.15, 0.2) is 29.3 Å². The number of halogens is 5. The molecule has 0 radical (unpaired) electrons. The van der Waals surface area contributed by atoms with Crippen LogP contribution >= 0.6 is 0 Å². The van der Waals surface area contributed by atoms with Crippen LogP contribution in [0.3, 0.4) is 0 Å². The first-order valence-corrected chi connectivity index (χ1v) is 11.1. The Labute approximate surface area is 189 Å². The lowest BCUT2D eigenvalue weighted by atomic mass is 9.73. The molecule has 2 saturated carbocycles. The van der Waals surface area contributed by atoms with Crippen LogP contribution in [0.25, 0.3) is 10.9 Å². The van der Waals surface area contributed by atoms with Crippen LogP contribution in [0.1, 0.15) is 75.2 Å². The molecule has 2 aromatic heterocycles. The average molecular weight is 476 g/mol. The monoisotopic (exact) mass is 475 g/mol. The highest BCUT2D eigenvalue weighted by molar-refractivity contribution is 6.03. The third-order valence-corrected chi connectivity index (χ3v) is 5.98. The summed E-state index contributed by atoms with van der Waals surface area (Å²) in [6.07, 6.45) is 7.41. The van der Waals surface area contributed by atoms with Gasteiger partial charge in [0.25, 0.3) is 5.91 Å². The van der Waals surface area contributed by atoms with Crippen molar-refractivity contribution in [3.63, 3.8) is 0 Å². The van der Waals surface area contributed by atoms with Gasteiger partial charge in [0.2, 0.25) is 5.92 Å². The van der Waals surface area contributed by atoms with Gasteiger partial charge in [-0.1, -0.05) is 32.1 Å². The van der Waals surface area contributed by atoms with Crippen LogP contribution < -0.4 is 11.2 Å². The Morgan fingerprint density at radius 3 is 2.15 bits per heavy atom. The Hall–Kier alpha value is -2.52. The van der Waals surface area contributed by atoms with Gasteiger partial charge in [0.05, 0.1) is 10.9 Å². The zero-order valence-corrected chi connectivity index (χ0v) is 18.6. The predicted molar refractivity (Wildman–Crippen MR) is 116 cm³/mol. The van der Waals surface area contributed by atoms with Crippen molar-refractivity contribution in [2.75, 3.05) is 0 Å². The molecule has 0 atom stereocenters. The van der Waals surface area contributed by atoms with Crippen molar-refractivity contribution >= 4 is 16.8 Å². The van der Waals surface area contributed by atoms with Gasteiger partial charge in [-0.05, 0) is 30.7 Å². The lowest BCUT2D eigenvalue weighted by molar-refractivity contribution is -0.110. The summed E-state index contributed by atoms with van der Waals surface area (Å²) in [7, 11) is 0. The number of nitrogens with zero attached hydrogens (tertiary/aromatic N) is 1. The molecule has 0 unspecified atom stereocenters. The number of aromatic nitrogens is 2. The number of fused-ring (bicyclic) bond motifs is 1. The molecule has 0 aliphatic heterocycles. The van der Waals surface area contributed by atoms with Gasteiger partial charge in [0, 0.05) is 38.2 Å². The summed E-state index contributed by atoms with van der Waals surface area (Å²) in [5.74, 6) is -1.65. The van der Waals surface area contributed by atoms with Crippen molar-refractivity contribution in [3.05, 3.63) is 40.4 Å². The van der Waals surface area contributed by atoms with E-state index in [1.54, 1.807) is 6.07 Å². The number of hydrogen-bond donors (Lipinski definition) is 2. The first-order valence-electron chi connectivity index (χ1n) is 11.1. The quantitative estimate of drug-likeness (QED) is 0.524. The van der Waals surface area contributed by atoms with Crippen LogP contribution in [0.4, 0.5) is 22.0 Å². The van der Waals surface area contributed by atoms with Gasteiger partial charge in [-0.2, -0.15) is 13.2 Å². The molecule has 184 valence electrons. The van der Waals surface area contributed by atoms with E-state index in [0.29, 0.717) is 11.4 Å². The molecule has 3 N–H and O–H groups in total. The number of carbonyl (C=O) groups is 1. The van der Waals surface area contributed by atoms with Crippen LogP contribution in [-0.2, 0) is 0 Å². The molecular weight excluding hydrogens is 445 g/mol. The summed E-state index contributed by atoms with van der Waals surface area (Å²) in [6, 6.07) is 2.94. The highest BCUT2D eigenvalue weighted by Crippen LogP contribution is 2.43. The fraction of sp³-hybridized carbons (Fsp3) is 0.609. The molecule has 33 heavy (non-hydrogen) atoms. The number of nitrogens with two attached hydrogens (primary N) is 1. The predicted octanol–water partition coefficient (Wildman–Crippen LogP) is 5.98. The molecule has 0 spiro atoms. The molecule has 2 aliphatic rings. The summed E-state index contributed by atoms with van der Waals surface area (Å²) in [5.41, 5.74) is 5.39. The zero-order valence-electron chi connectivity index (χ0n) is 18.6. The normalized spacial score (nSPS) is 19.1. The standard InChI is InChI=1S/C12H20F2.C9H7N3O2.C2H3F3/c13-12(14)8-6-11(7-9-12)10-4-2-1-3-5-10;10-9(14)8-7-5(1-3-12-8)11-4-2-6(7)13;1-2(3,4)5/h10-11H,1-9H2;1-4H,(H2,10,14)(H,11,13);1H3. The number of aromatic amines is 1. The van der Waals surface area contributed by atoms with Crippen LogP contribution in [0, 0.1) is 11.8 Å². The molecule has 0 bridgehead atoms. The number of primary amides is 1. The van der Waals surface area contributed by atoms with E-state index in [-0.39, 0.29) is 36.3 Å². The Kier molecular flexibility index (Phi) is 9.36. The van der Waals surface area contributed by atoms with E-state index in [1.807, 2.05) is 0 Å². The van der Waals surface area contributed by atoms with Gasteiger partial charge in [0.15, 0.2) is 5.43 Å². The lowest BCUT2D eigenvalue weighted by Gasteiger charge is -2.35. The molecule has 2 heterocycles. The highest BCUT2D eigenvalue weighted by atomic mass is 19.4. The van der Waals surface area contributed by atoms with E-state index in [0.717, 1.165) is 18.8 Å². The lowest BCUT2D eigenvalue weighted by Crippen LogP contribution is -2.29. The van der Waals surface area contributed by atoms with Crippen molar-refractivity contribution in [1.82, 2.24) is 9.97 Å². The van der Waals surface area contributed by atoms with Gasteiger partial charge in [-0.3, -0.25) is 14.6 Å². The second kappa shape index (κ2) is 11.6.